The summed E-state index contributed by atoms with van der Waals surface area (Å²) in [5, 5.41) is 0. The van der Waals surface area contributed by atoms with Gasteiger partial charge in [0.25, 0.3) is 0 Å². The second kappa shape index (κ2) is 9.85. The predicted octanol–water partition coefficient (Wildman–Crippen LogP) is 2.94. The van der Waals surface area contributed by atoms with E-state index in [1.807, 2.05) is 32.0 Å². The van der Waals surface area contributed by atoms with Crippen molar-refractivity contribution < 1.29 is 18.3 Å². The average Bonchev–Trinajstić information content (AvgIpc) is 2.47. The third-order valence-corrected chi connectivity index (χ3v) is 4.82. The van der Waals surface area contributed by atoms with Gasteiger partial charge in [-0.05, 0) is 19.4 Å². The van der Waals surface area contributed by atoms with Gasteiger partial charge in [0.05, 0.1) is 0 Å². The Morgan fingerprint density at radius 2 is 1.55 bits per heavy atom. The van der Waals surface area contributed by atoms with E-state index in [4.69, 9.17) is 18.3 Å². The van der Waals surface area contributed by atoms with Gasteiger partial charge < -0.3 is 18.3 Å². The highest BCUT2D eigenvalue weighted by molar-refractivity contribution is 6.45. The molecule has 0 saturated heterocycles. The van der Waals surface area contributed by atoms with Crippen LogP contribution in [0.15, 0.2) is 36.4 Å². The molecule has 20 heavy (non-hydrogen) atoms. The first-order valence-electron chi connectivity index (χ1n) is 6.73. The van der Waals surface area contributed by atoms with Crippen LogP contribution in [0, 0.1) is 0 Å². The van der Waals surface area contributed by atoms with Crippen molar-refractivity contribution in [2.75, 3.05) is 14.2 Å². The molecule has 0 N–H and O–H groups in total. The molecule has 0 bridgehead atoms. The van der Waals surface area contributed by atoms with Crippen LogP contribution < -0.4 is 0 Å². The van der Waals surface area contributed by atoms with Crippen molar-refractivity contribution in [3.05, 3.63) is 42.0 Å². The van der Waals surface area contributed by atoms with Crippen molar-refractivity contribution in [3.63, 3.8) is 0 Å². The molecule has 1 rings (SSSR count). The Kier molecular flexibility index (Phi) is 8.40. The van der Waals surface area contributed by atoms with E-state index < -0.39 is 9.28 Å². The van der Waals surface area contributed by atoms with Crippen LogP contribution in [0.25, 0.3) is 6.08 Å². The van der Waals surface area contributed by atoms with Crippen LogP contribution in [0.4, 0.5) is 0 Å². The third kappa shape index (κ3) is 6.98. The van der Waals surface area contributed by atoms with Crippen molar-refractivity contribution in [3.8, 4) is 0 Å². The lowest BCUT2D eigenvalue weighted by Crippen LogP contribution is -2.32. The van der Waals surface area contributed by atoms with Crippen LogP contribution in [0.2, 0.25) is 6.04 Å². The molecule has 0 amide bonds. The van der Waals surface area contributed by atoms with Gasteiger partial charge in [0.1, 0.15) is 12.6 Å². The summed E-state index contributed by atoms with van der Waals surface area (Å²) in [6.45, 7) is 3.73. The minimum Gasteiger partial charge on any atom is -0.370 e. The lowest BCUT2D eigenvalue weighted by atomic mass is 10.2. The van der Waals surface area contributed by atoms with Crippen molar-refractivity contribution >= 4 is 15.4 Å². The zero-order chi connectivity index (χ0) is 14.8. The van der Waals surface area contributed by atoms with Gasteiger partial charge in [0.2, 0.25) is 0 Å². The predicted molar refractivity (Wildman–Crippen MR) is 82.5 cm³/mol. The van der Waals surface area contributed by atoms with Crippen LogP contribution in [0.3, 0.4) is 0 Å². The molecule has 0 aliphatic carbocycles. The Morgan fingerprint density at radius 1 is 1.00 bits per heavy atom. The van der Waals surface area contributed by atoms with Crippen molar-refractivity contribution in [1.29, 1.82) is 0 Å². The molecule has 0 aliphatic rings. The number of ether oxygens (including phenoxy) is 2. The Hall–Kier alpha value is -0.983. The second-order valence-electron chi connectivity index (χ2n) is 4.36. The fraction of sp³-hybridized carbons (Fsp3) is 0.467. The molecule has 0 fully saturated rings. The highest BCUT2D eigenvalue weighted by Gasteiger charge is 2.18. The second-order valence-corrected chi connectivity index (χ2v) is 6.23. The van der Waals surface area contributed by atoms with Crippen LogP contribution in [0.5, 0.6) is 0 Å². The van der Waals surface area contributed by atoms with E-state index in [-0.39, 0.29) is 12.6 Å². The van der Waals surface area contributed by atoms with E-state index in [0.717, 1.165) is 6.04 Å². The lowest BCUT2D eigenvalue weighted by molar-refractivity contribution is -0.0925. The molecule has 2 atom stereocenters. The number of rotatable bonds is 9. The first-order chi connectivity index (χ1) is 9.65. The van der Waals surface area contributed by atoms with Gasteiger partial charge in [-0.2, -0.15) is 0 Å². The molecule has 5 heteroatoms. The fourth-order valence-electron chi connectivity index (χ4n) is 1.56. The summed E-state index contributed by atoms with van der Waals surface area (Å²) in [5.41, 5.74) is 1.17. The Bertz CT molecular complexity index is 371. The molecule has 1 aromatic carbocycles. The Labute approximate surface area is 123 Å². The standard InChI is InChI=1S/C15H24O4Si/c1-13(16-3)18-20(19-14(2)17-4)12-8-11-15-9-6-5-7-10-15/h5-11,13-14,20H,12H2,1-4H3. The Morgan fingerprint density at radius 3 is 2.05 bits per heavy atom. The van der Waals surface area contributed by atoms with E-state index in [0.29, 0.717) is 0 Å². The first-order valence-corrected chi connectivity index (χ1v) is 8.49. The Balaban J connectivity index is 2.52. The van der Waals surface area contributed by atoms with E-state index in [2.05, 4.69) is 24.3 Å². The minimum atomic E-state index is -1.86. The van der Waals surface area contributed by atoms with Crippen LogP contribution in [-0.4, -0.2) is 36.1 Å². The summed E-state index contributed by atoms with van der Waals surface area (Å²) >= 11 is 0. The average molecular weight is 296 g/mol. The van der Waals surface area contributed by atoms with Gasteiger partial charge in [-0.3, -0.25) is 0 Å². The summed E-state index contributed by atoms with van der Waals surface area (Å²) < 4.78 is 21.8. The molecule has 0 saturated carbocycles. The maximum atomic E-state index is 5.77. The molecule has 0 heterocycles. The topological polar surface area (TPSA) is 36.9 Å². The van der Waals surface area contributed by atoms with Crippen LogP contribution in [0.1, 0.15) is 19.4 Å². The number of methoxy groups -OCH3 is 2. The van der Waals surface area contributed by atoms with Crippen LogP contribution in [-0.2, 0) is 18.3 Å². The molecule has 0 aliphatic heterocycles. The molecule has 1 aromatic rings. The number of benzene rings is 1. The van der Waals surface area contributed by atoms with Gasteiger partial charge in [-0.15, -0.1) is 0 Å². The molecular formula is C15H24O4Si. The first kappa shape index (κ1) is 17.1. The molecule has 0 radical (unpaired) electrons. The summed E-state index contributed by atoms with van der Waals surface area (Å²) in [7, 11) is 1.38. The number of allylic oxidation sites excluding steroid dienone is 1. The lowest BCUT2D eigenvalue weighted by Gasteiger charge is -2.22. The van der Waals surface area contributed by atoms with E-state index in [1.54, 1.807) is 14.2 Å². The summed E-state index contributed by atoms with van der Waals surface area (Å²) in [5.74, 6) is 0. The summed E-state index contributed by atoms with van der Waals surface area (Å²) in [6, 6.07) is 10.9. The quantitative estimate of drug-likeness (QED) is 0.518. The third-order valence-electron chi connectivity index (χ3n) is 2.79. The van der Waals surface area contributed by atoms with Gasteiger partial charge in [0, 0.05) is 20.3 Å². The van der Waals surface area contributed by atoms with Crippen molar-refractivity contribution in [1.82, 2.24) is 0 Å². The molecule has 4 nitrogen and oxygen atoms in total. The number of hydrogen-bond donors (Lipinski definition) is 0. The van der Waals surface area contributed by atoms with Crippen molar-refractivity contribution in [2.24, 2.45) is 0 Å². The fourth-order valence-corrected chi connectivity index (χ4v) is 3.28. The monoisotopic (exact) mass is 296 g/mol. The zero-order valence-electron chi connectivity index (χ0n) is 12.6. The SMILES string of the molecule is COC(C)O[SiH](CC=Cc1ccccc1)OC(C)OC. The van der Waals surface area contributed by atoms with Crippen molar-refractivity contribution in [2.45, 2.75) is 32.5 Å². The molecule has 0 aromatic heterocycles. The molecule has 112 valence electrons. The molecule has 0 spiro atoms. The van der Waals surface area contributed by atoms with E-state index >= 15 is 0 Å². The van der Waals surface area contributed by atoms with Gasteiger partial charge >= 0.3 is 9.28 Å². The highest BCUT2D eigenvalue weighted by atomic mass is 28.3. The van der Waals surface area contributed by atoms with Gasteiger partial charge in [-0.25, -0.2) is 0 Å². The normalized spacial score (nSPS) is 16.2. The minimum absolute atomic E-state index is 0.263. The van der Waals surface area contributed by atoms with Crippen LogP contribution >= 0.6 is 0 Å². The maximum absolute atomic E-state index is 5.77. The largest absolute Gasteiger partial charge is 0.370 e. The summed E-state index contributed by atoms with van der Waals surface area (Å²) in [4.78, 5) is 0. The zero-order valence-corrected chi connectivity index (χ0v) is 13.8. The van der Waals surface area contributed by atoms with Gasteiger partial charge in [-0.1, -0.05) is 42.5 Å². The smallest absolute Gasteiger partial charge is 0.329 e. The summed E-state index contributed by atoms with van der Waals surface area (Å²) in [6.07, 6.45) is 3.63. The molecular weight excluding hydrogens is 272 g/mol. The van der Waals surface area contributed by atoms with Gasteiger partial charge in [0.15, 0.2) is 0 Å². The maximum Gasteiger partial charge on any atom is 0.329 e. The van der Waals surface area contributed by atoms with E-state index in [9.17, 15) is 0 Å². The van der Waals surface area contributed by atoms with E-state index in [1.165, 1.54) is 5.56 Å². The molecule has 2 unspecified atom stereocenters. The number of hydrogen-bond acceptors (Lipinski definition) is 4. The highest BCUT2D eigenvalue weighted by Crippen LogP contribution is 2.09.